The summed E-state index contributed by atoms with van der Waals surface area (Å²) in [4.78, 5) is 19.5. The summed E-state index contributed by atoms with van der Waals surface area (Å²) in [5, 5.41) is 5.19. The fourth-order valence-corrected chi connectivity index (χ4v) is 4.28. The molecule has 1 aromatic carbocycles. The average Bonchev–Trinajstić information content (AvgIpc) is 3.34. The first kappa shape index (κ1) is 20.7. The number of hydrogen-bond donors (Lipinski definition) is 0. The van der Waals surface area contributed by atoms with Crippen LogP contribution in [0.3, 0.4) is 0 Å². The fourth-order valence-electron chi connectivity index (χ4n) is 4.07. The Morgan fingerprint density at radius 2 is 2.20 bits per heavy atom. The van der Waals surface area contributed by atoms with Crippen molar-refractivity contribution in [1.29, 1.82) is 0 Å². The SMILES string of the molecule is CCCc1cc(C(=O)N2CCCC(c3ncc(Cc4cccc(Cl)c4)o3)C2)n(C)n1. The summed E-state index contributed by atoms with van der Waals surface area (Å²) < 4.78 is 7.75. The highest BCUT2D eigenvalue weighted by atomic mass is 35.5. The normalized spacial score (nSPS) is 16.8. The molecule has 0 bridgehead atoms. The molecule has 0 spiro atoms. The zero-order valence-electron chi connectivity index (χ0n) is 17.5. The number of aryl methyl sites for hydroxylation is 2. The molecular weight excluding hydrogens is 400 g/mol. The van der Waals surface area contributed by atoms with Crippen LogP contribution in [-0.4, -0.2) is 38.7 Å². The minimum atomic E-state index is 0.0303. The quantitative estimate of drug-likeness (QED) is 0.576. The molecule has 158 valence electrons. The molecule has 0 radical (unpaired) electrons. The van der Waals surface area contributed by atoms with E-state index >= 15 is 0 Å². The molecule has 1 aliphatic rings. The van der Waals surface area contributed by atoms with E-state index in [1.807, 2.05) is 42.3 Å². The van der Waals surface area contributed by atoms with Crippen LogP contribution >= 0.6 is 11.6 Å². The van der Waals surface area contributed by atoms with Crippen LogP contribution in [0.25, 0.3) is 0 Å². The van der Waals surface area contributed by atoms with Gasteiger partial charge in [-0.25, -0.2) is 4.98 Å². The highest BCUT2D eigenvalue weighted by Gasteiger charge is 2.29. The number of nitrogens with zero attached hydrogens (tertiary/aromatic N) is 4. The van der Waals surface area contributed by atoms with Crippen LogP contribution in [-0.2, 0) is 19.9 Å². The number of aromatic nitrogens is 3. The number of hydrogen-bond acceptors (Lipinski definition) is 4. The molecule has 1 saturated heterocycles. The van der Waals surface area contributed by atoms with E-state index in [1.165, 1.54) is 0 Å². The van der Waals surface area contributed by atoms with Gasteiger partial charge in [0.1, 0.15) is 11.5 Å². The van der Waals surface area contributed by atoms with Gasteiger partial charge >= 0.3 is 0 Å². The smallest absolute Gasteiger partial charge is 0.272 e. The van der Waals surface area contributed by atoms with Crippen molar-refractivity contribution in [3.63, 3.8) is 0 Å². The third-order valence-corrected chi connectivity index (χ3v) is 5.79. The van der Waals surface area contributed by atoms with Crippen molar-refractivity contribution in [3.05, 3.63) is 70.2 Å². The largest absolute Gasteiger partial charge is 0.445 e. The number of carbonyl (C=O) groups excluding carboxylic acids is 1. The lowest BCUT2D eigenvalue weighted by Gasteiger charge is -2.31. The van der Waals surface area contributed by atoms with E-state index in [2.05, 4.69) is 17.0 Å². The fraction of sp³-hybridized carbons (Fsp3) is 0.435. The Labute approximate surface area is 181 Å². The Kier molecular flexibility index (Phi) is 6.23. The lowest BCUT2D eigenvalue weighted by Crippen LogP contribution is -2.40. The standard InChI is InChI=1S/C23H27ClN4O2/c1-3-6-19-13-21(27(2)26-19)23(29)28-10-5-8-17(15-28)22-25-14-20(30-22)12-16-7-4-9-18(24)11-16/h4,7,9,11,13-14,17H,3,5-6,8,10,12,15H2,1-2H3. The molecule has 1 unspecified atom stereocenters. The van der Waals surface area contributed by atoms with Gasteiger partial charge in [0.25, 0.3) is 5.91 Å². The Morgan fingerprint density at radius 3 is 3.00 bits per heavy atom. The molecule has 0 saturated carbocycles. The van der Waals surface area contributed by atoms with Gasteiger partial charge in [-0.15, -0.1) is 0 Å². The van der Waals surface area contributed by atoms with Crippen molar-refractivity contribution < 1.29 is 9.21 Å². The molecule has 2 aromatic heterocycles. The predicted octanol–water partition coefficient (Wildman–Crippen LogP) is 4.62. The van der Waals surface area contributed by atoms with E-state index in [4.69, 9.17) is 16.0 Å². The molecule has 1 aliphatic heterocycles. The summed E-state index contributed by atoms with van der Waals surface area (Å²) in [7, 11) is 1.84. The van der Waals surface area contributed by atoms with E-state index in [0.29, 0.717) is 29.6 Å². The zero-order valence-corrected chi connectivity index (χ0v) is 18.2. The molecule has 4 rings (SSSR count). The number of benzene rings is 1. The lowest BCUT2D eigenvalue weighted by molar-refractivity contribution is 0.0686. The van der Waals surface area contributed by atoms with Crippen molar-refractivity contribution >= 4 is 17.5 Å². The minimum Gasteiger partial charge on any atom is -0.445 e. The van der Waals surface area contributed by atoms with Crippen molar-refractivity contribution in [2.75, 3.05) is 13.1 Å². The summed E-state index contributed by atoms with van der Waals surface area (Å²) in [5.74, 6) is 1.66. The Hall–Kier alpha value is -2.60. The maximum absolute atomic E-state index is 13.1. The summed E-state index contributed by atoms with van der Waals surface area (Å²) in [6.45, 7) is 3.48. The average molecular weight is 427 g/mol. The van der Waals surface area contributed by atoms with Crippen LogP contribution in [0.2, 0.25) is 5.02 Å². The first-order chi connectivity index (χ1) is 14.5. The maximum Gasteiger partial charge on any atom is 0.272 e. The van der Waals surface area contributed by atoms with Gasteiger partial charge in [-0.2, -0.15) is 5.10 Å². The minimum absolute atomic E-state index is 0.0303. The Bertz CT molecular complexity index is 1030. The number of likely N-dealkylation sites (tertiary alicyclic amines) is 1. The predicted molar refractivity (Wildman–Crippen MR) is 116 cm³/mol. The van der Waals surface area contributed by atoms with E-state index in [1.54, 1.807) is 10.9 Å². The summed E-state index contributed by atoms with van der Waals surface area (Å²) in [6, 6.07) is 9.67. The van der Waals surface area contributed by atoms with Gasteiger partial charge in [0.15, 0.2) is 5.89 Å². The second-order valence-corrected chi connectivity index (χ2v) is 8.39. The Morgan fingerprint density at radius 1 is 1.33 bits per heavy atom. The Balaban J connectivity index is 1.44. The van der Waals surface area contributed by atoms with Crippen LogP contribution in [0.4, 0.5) is 0 Å². The van der Waals surface area contributed by atoms with Gasteiger partial charge in [-0.05, 0) is 43.0 Å². The number of halogens is 1. The first-order valence-corrected chi connectivity index (χ1v) is 10.9. The second kappa shape index (κ2) is 9.04. The van der Waals surface area contributed by atoms with Crippen LogP contribution in [0.1, 0.15) is 65.5 Å². The number of carbonyl (C=O) groups is 1. The van der Waals surface area contributed by atoms with Gasteiger partial charge in [-0.1, -0.05) is 37.1 Å². The topological polar surface area (TPSA) is 64.2 Å². The van der Waals surface area contributed by atoms with Gasteiger partial charge in [0.2, 0.25) is 0 Å². The molecule has 3 aromatic rings. The van der Waals surface area contributed by atoms with Gasteiger partial charge in [0.05, 0.1) is 17.8 Å². The van der Waals surface area contributed by atoms with Gasteiger partial charge in [-0.3, -0.25) is 9.48 Å². The molecular formula is C23H27ClN4O2. The molecule has 1 amide bonds. The maximum atomic E-state index is 13.1. The van der Waals surface area contributed by atoms with E-state index in [9.17, 15) is 4.79 Å². The van der Waals surface area contributed by atoms with Crippen molar-refractivity contribution in [1.82, 2.24) is 19.7 Å². The lowest BCUT2D eigenvalue weighted by atomic mass is 9.97. The monoisotopic (exact) mass is 426 g/mol. The number of rotatable bonds is 6. The number of piperidine rings is 1. The molecule has 7 heteroatoms. The summed E-state index contributed by atoms with van der Waals surface area (Å²) >= 11 is 6.07. The van der Waals surface area contributed by atoms with Crippen LogP contribution in [0.15, 0.2) is 40.9 Å². The first-order valence-electron chi connectivity index (χ1n) is 10.5. The van der Waals surface area contributed by atoms with Crippen molar-refractivity contribution in [2.24, 2.45) is 7.05 Å². The molecule has 1 fully saturated rings. The molecule has 30 heavy (non-hydrogen) atoms. The van der Waals surface area contributed by atoms with Crippen LogP contribution in [0.5, 0.6) is 0 Å². The zero-order chi connectivity index (χ0) is 21.1. The van der Waals surface area contributed by atoms with E-state index in [-0.39, 0.29) is 11.8 Å². The van der Waals surface area contributed by atoms with Crippen molar-refractivity contribution in [3.8, 4) is 0 Å². The van der Waals surface area contributed by atoms with Crippen LogP contribution in [0, 0.1) is 0 Å². The van der Waals surface area contributed by atoms with E-state index in [0.717, 1.165) is 49.2 Å². The van der Waals surface area contributed by atoms with Gasteiger partial charge in [0, 0.05) is 31.6 Å². The molecule has 6 nitrogen and oxygen atoms in total. The third-order valence-electron chi connectivity index (χ3n) is 5.55. The van der Waals surface area contributed by atoms with Gasteiger partial charge < -0.3 is 9.32 Å². The van der Waals surface area contributed by atoms with Crippen molar-refractivity contribution in [2.45, 2.75) is 44.9 Å². The number of oxazole rings is 1. The molecule has 3 heterocycles. The highest BCUT2D eigenvalue weighted by molar-refractivity contribution is 6.30. The van der Waals surface area contributed by atoms with E-state index < -0.39 is 0 Å². The molecule has 1 atom stereocenters. The number of amides is 1. The molecule has 0 N–H and O–H groups in total. The van der Waals surface area contributed by atoms with Crippen LogP contribution < -0.4 is 0 Å². The third kappa shape index (κ3) is 4.59. The highest BCUT2D eigenvalue weighted by Crippen LogP contribution is 2.28. The summed E-state index contributed by atoms with van der Waals surface area (Å²) in [5.41, 5.74) is 2.70. The second-order valence-electron chi connectivity index (χ2n) is 7.96. The summed E-state index contributed by atoms with van der Waals surface area (Å²) in [6.07, 6.45) is 6.23. The molecule has 0 aliphatic carbocycles.